The number of para-hydroxylation sites is 1. The molecule has 0 saturated carbocycles. The van der Waals surface area contributed by atoms with Crippen molar-refractivity contribution in [3.63, 3.8) is 0 Å². The van der Waals surface area contributed by atoms with Gasteiger partial charge in [-0.1, -0.05) is 36.5 Å². The van der Waals surface area contributed by atoms with Crippen molar-refractivity contribution >= 4 is 33.4 Å². The maximum Gasteiger partial charge on any atom is 0.326 e. The van der Waals surface area contributed by atoms with Crippen molar-refractivity contribution in [2.45, 2.75) is 19.4 Å². The van der Waals surface area contributed by atoms with Crippen LogP contribution in [0.3, 0.4) is 0 Å². The smallest absolute Gasteiger partial charge is 0.326 e. The van der Waals surface area contributed by atoms with Crippen LogP contribution in [0.5, 0.6) is 11.5 Å². The van der Waals surface area contributed by atoms with Crippen LogP contribution in [0.1, 0.15) is 29.7 Å². The first-order valence-corrected chi connectivity index (χ1v) is 9.46. The SMILES string of the molecule is CCC(C(=O)O)n1c(=NC(=O)c2c(OC)cccc2OC)sc2ccccc21. The second-order valence-electron chi connectivity index (χ2n) is 5.94. The Morgan fingerprint density at radius 2 is 1.75 bits per heavy atom. The van der Waals surface area contributed by atoms with Gasteiger partial charge >= 0.3 is 5.97 Å². The molecule has 7 nitrogen and oxygen atoms in total. The summed E-state index contributed by atoms with van der Waals surface area (Å²) in [4.78, 5) is 29.4. The van der Waals surface area contributed by atoms with E-state index < -0.39 is 17.9 Å². The topological polar surface area (TPSA) is 90.1 Å². The van der Waals surface area contributed by atoms with Crippen LogP contribution in [0.2, 0.25) is 0 Å². The van der Waals surface area contributed by atoms with Crippen molar-refractivity contribution in [1.82, 2.24) is 4.57 Å². The zero-order chi connectivity index (χ0) is 20.3. The lowest BCUT2D eigenvalue weighted by Gasteiger charge is -2.13. The molecular weight excluding hydrogens is 380 g/mol. The number of aromatic nitrogens is 1. The second-order valence-corrected chi connectivity index (χ2v) is 6.95. The minimum absolute atomic E-state index is 0.194. The summed E-state index contributed by atoms with van der Waals surface area (Å²) < 4.78 is 13.0. The van der Waals surface area contributed by atoms with Crippen LogP contribution < -0.4 is 14.3 Å². The molecule has 1 amide bonds. The molecule has 0 aliphatic carbocycles. The van der Waals surface area contributed by atoms with Crippen molar-refractivity contribution in [3.8, 4) is 11.5 Å². The average Bonchev–Trinajstić information content (AvgIpc) is 3.05. The molecule has 0 aliphatic rings. The van der Waals surface area contributed by atoms with Gasteiger partial charge in [0.2, 0.25) is 0 Å². The Hall–Kier alpha value is -3.13. The number of hydrogen-bond acceptors (Lipinski definition) is 5. The number of nitrogens with zero attached hydrogens (tertiary/aromatic N) is 2. The number of aliphatic carboxylic acids is 1. The fourth-order valence-corrected chi connectivity index (χ4v) is 4.11. The summed E-state index contributed by atoms with van der Waals surface area (Å²) in [5, 5.41) is 9.66. The molecule has 1 aromatic heterocycles. The van der Waals surface area contributed by atoms with E-state index in [1.165, 1.54) is 25.6 Å². The van der Waals surface area contributed by atoms with Crippen molar-refractivity contribution in [2.24, 2.45) is 4.99 Å². The lowest BCUT2D eigenvalue weighted by molar-refractivity contribution is -0.140. The van der Waals surface area contributed by atoms with Gasteiger partial charge in [-0.2, -0.15) is 4.99 Å². The van der Waals surface area contributed by atoms with E-state index in [9.17, 15) is 14.7 Å². The number of carbonyl (C=O) groups excluding carboxylic acids is 1. The van der Waals surface area contributed by atoms with Crippen LogP contribution >= 0.6 is 11.3 Å². The van der Waals surface area contributed by atoms with E-state index in [0.717, 1.165) is 10.2 Å². The van der Waals surface area contributed by atoms with Crippen molar-refractivity contribution < 1.29 is 24.2 Å². The van der Waals surface area contributed by atoms with Gasteiger partial charge in [0.25, 0.3) is 5.91 Å². The molecular formula is C20H20N2O5S. The van der Waals surface area contributed by atoms with E-state index in [1.807, 2.05) is 24.3 Å². The monoisotopic (exact) mass is 400 g/mol. The summed E-state index contributed by atoms with van der Waals surface area (Å²) in [6.07, 6.45) is 0.357. The normalized spacial score (nSPS) is 12.8. The van der Waals surface area contributed by atoms with Gasteiger partial charge in [-0.3, -0.25) is 4.79 Å². The lowest BCUT2D eigenvalue weighted by atomic mass is 10.1. The molecule has 1 unspecified atom stereocenters. The Morgan fingerprint density at radius 3 is 2.32 bits per heavy atom. The molecule has 2 aromatic carbocycles. The predicted molar refractivity (Wildman–Crippen MR) is 106 cm³/mol. The maximum absolute atomic E-state index is 13.0. The number of methoxy groups -OCH3 is 2. The van der Waals surface area contributed by atoms with Gasteiger partial charge in [0.05, 0.1) is 24.4 Å². The highest BCUT2D eigenvalue weighted by Gasteiger charge is 2.23. The Bertz CT molecular complexity index is 1080. The van der Waals surface area contributed by atoms with E-state index in [4.69, 9.17) is 9.47 Å². The number of thiazole rings is 1. The summed E-state index contributed by atoms with van der Waals surface area (Å²) in [5.74, 6) is -0.859. The molecule has 8 heteroatoms. The van der Waals surface area contributed by atoms with E-state index >= 15 is 0 Å². The van der Waals surface area contributed by atoms with Gasteiger partial charge in [0.15, 0.2) is 4.80 Å². The molecule has 28 heavy (non-hydrogen) atoms. The van der Waals surface area contributed by atoms with E-state index in [0.29, 0.717) is 22.7 Å². The van der Waals surface area contributed by atoms with Crippen molar-refractivity contribution in [1.29, 1.82) is 0 Å². The first-order chi connectivity index (χ1) is 13.5. The number of carboxylic acid groups (broad SMARTS) is 1. The molecule has 0 aliphatic heterocycles. The molecule has 0 saturated heterocycles. The molecule has 1 N–H and O–H groups in total. The number of fused-ring (bicyclic) bond motifs is 1. The number of hydrogen-bond donors (Lipinski definition) is 1. The maximum atomic E-state index is 13.0. The van der Waals surface area contributed by atoms with Gasteiger partial charge < -0.3 is 19.1 Å². The molecule has 0 spiro atoms. The third-order valence-corrected chi connectivity index (χ3v) is 5.39. The summed E-state index contributed by atoms with van der Waals surface area (Å²) in [6.45, 7) is 1.78. The van der Waals surface area contributed by atoms with Gasteiger partial charge in [-0.15, -0.1) is 0 Å². The molecule has 3 aromatic rings. The average molecular weight is 400 g/mol. The Kier molecular flexibility index (Phi) is 5.79. The summed E-state index contributed by atoms with van der Waals surface area (Å²) in [7, 11) is 2.92. The molecule has 146 valence electrons. The number of carbonyl (C=O) groups is 2. The fraction of sp³-hybridized carbons (Fsp3) is 0.250. The number of rotatable bonds is 6. The standard InChI is InChI=1S/C20H20N2O5S/c1-4-12(19(24)25)22-13-8-5-6-11-16(13)28-20(22)21-18(23)17-14(26-2)9-7-10-15(17)27-3/h5-12H,4H2,1-3H3,(H,24,25). The zero-order valence-corrected chi connectivity index (χ0v) is 16.5. The van der Waals surface area contributed by atoms with Crippen molar-refractivity contribution in [3.05, 3.63) is 52.8 Å². The van der Waals surface area contributed by atoms with E-state index in [2.05, 4.69) is 4.99 Å². The van der Waals surface area contributed by atoms with Gasteiger partial charge in [0.1, 0.15) is 23.1 Å². The fourth-order valence-electron chi connectivity index (χ4n) is 3.04. The number of carboxylic acids is 1. The van der Waals surface area contributed by atoms with Crippen LogP contribution in [0.4, 0.5) is 0 Å². The quantitative estimate of drug-likeness (QED) is 0.684. The highest BCUT2D eigenvalue weighted by molar-refractivity contribution is 7.16. The Morgan fingerprint density at radius 1 is 1.11 bits per heavy atom. The lowest BCUT2D eigenvalue weighted by Crippen LogP contribution is -2.27. The highest BCUT2D eigenvalue weighted by Crippen LogP contribution is 2.29. The third kappa shape index (κ3) is 3.50. The molecule has 0 radical (unpaired) electrons. The van der Waals surface area contributed by atoms with Gasteiger partial charge in [0, 0.05) is 0 Å². The summed E-state index contributed by atoms with van der Waals surface area (Å²) in [5.41, 5.74) is 0.917. The van der Waals surface area contributed by atoms with Crippen LogP contribution in [-0.4, -0.2) is 35.8 Å². The van der Waals surface area contributed by atoms with Gasteiger partial charge in [-0.05, 0) is 30.7 Å². The molecule has 0 fully saturated rings. The third-order valence-electron chi connectivity index (χ3n) is 4.35. The Labute approximate surface area is 165 Å². The van der Waals surface area contributed by atoms with Gasteiger partial charge in [-0.25, -0.2) is 4.79 Å². The largest absolute Gasteiger partial charge is 0.496 e. The first-order valence-electron chi connectivity index (χ1n) is 8.64. The first kappa shape index (κ1) is 19.6. The van der Waals surface area contributed by atoms with Crippen LogP contribution in [-0.2, 0) is 4.79 Å². The number of ether oxygens (including phenoxy) is 2. The summed E-state index contributed by atoms with van der Waals surface area (Å²) in [6, 6.07) is 11.6. The minimum atomic E-state index is -0.977. The minimum Gasteiger partial charge on any atom is -0.496 e. The van der Waals surface area contributed by atoms with Crippen molar-refractivity contribution in [2.75, 3.05) is 14.2 Å². The summed E-state index contributed by atoms with van der Waals surface area (Å²) >= 11 is 1.27. The van der Waals surface area contributed by atoms with E-state index in [-0.39, 0.29) is 5.56 Å². The number of benzene rings is 2. The second kappa shape index (κ2) is 8.26. The molecule has 1 heterocycles. The van der Waals surface area contributed by atoms with Crippen LogP contribution in [0.25, 0.3) is 10.2 Å². The number of amides is 1. The Balaban J connectivity index is 2.26. The molecule has 1 atom stereocenters. The van der Waals surface area contributed by atoms with Crippen LogP contribution in [0, 0.1) is 0 Å². The predicted octanol–water partition coefficient (Wildman–Crippen LogP) is 3.50. The van der Waals surface area contributed by atoms with Crippen LogP contribution in [0.15, 0.2) is 47.5 Å². The highest BCUT2D eigenvalue weighted by atomic mass is 32.1. The molecule has 3 rings (SSSR count). The zero-order valence-electron chi connectivity index (χ0n) is 15.7. The van der Waals surface area contributed by atoms with E-state index in [1.54, 1.807) is 29.7 Å². The molecule has 0 bridgehead atoms.